The van der Waals surface area contributed by atoms with E-state index in [2.05, 4.69) is 0 Å². The Morgan fingerprint density at radius 1 is 1.09 bits per heavy atom. The van der Waals surface area contributed by atoms with Crippen LogP contribution in [0, 0.1) is 5.92 Å². The van der Waals surface area contributed by atoms with Crippen molar-refractivity contribution < 1.29 is 14.6 Å². The topological polar surface area (TPSA) is 46.5 Å². The lowest BCUT2D eigenvalue weighted by molar-refractivity contribution is -0.152. The van der Waals surface area contributed by atoms with Gasteiger partial charge in [0.1, 0.15) is 6.61 Å². The average molecular weight is 296 g/mol. The number of ether oxygens (including phenoxy) is 1. The molecule has 114 valence electrons. The van der Waals surface area contributed by atoms with Crippen molar-refractivity contribution >= 4 is 12.0 Å². The molecule has 0 radical (unpaired) electrons. The van der Waals surface area contributed by atoms with Crippen LogP contribution in [0.1, 0.15) is 18.1 Å². The number of carbonyl (C=O) groups is 1. The maximum absolute atomic E-state index is 12.0. The molecule has 22 heavy (non-hydrogen) atoms. The van der Waals surface area contributed by atoms with E-state index < -0.39 is 18.0 Å². The Hall–Kier alpha value is -2.39. The van der Waals surface area contributed by atoms with Crippen molar-refractivity contribution in [1.82, 2.24) is 0 Å². The zero-order valence-electron chi connectivity index (χ0n) is 12.6. The fourth-order valence-electron chi connectivity index (χ4n) is 1.94. The van der Waals surface area contributed by atoms with Crippen molar-refractivity contribution in [3.8, 4) is 0 Å². The lowest BCUT2D eigenvalue weighted by atomic mass is 10.0. The van der Waals surface area contributed by atoms with Crippen LogP contribution in [-0.4, -0.2) is 17.2 Å². The van der Waals surface area contributed by atoms with Crippen LogP contribution in [0.4, 0.5) is 0 Å². The Balaban J connectivity index is 1.85. The molecule has 3 heteroatoms. The van der Waals surface area contributed by atoms with Crippen molar-refractivity contribution in [2.75, 3.05) is 0 Å². The average Bonchev–Trinajstić information content (AvgIpc) is 2.58. The summed E-state index contributed by atoms with van der Waals surface area (Å²) in [7, 11) is 0. The minimum atomic E-state index is -0.872. The Morgan fingerprint density at radius 2 is 1.68 bits per heavy atom. The maximum Gasteiger partial charge on any atom is 0.311 e. The standard InChI is InChI=1S/C19H20O3/c1-15(18(20)13-12-16-8-4-2-5-9-16)19(21)22-14-17-10-6-3-7-11-17/h2-13,15,18,20H,14H2,1H3/b13-12+/t15-,18+/m1/s1. The summed E-state index contributed by atoms with van der Waals surface area (Å²) in [6, 6.07) is 19.1. The lowest BCUT2D eigenvalue weighted by Crippen LogP contribution is -2.25. The third-order valence-corrected chi connectivity index (χ3v) is 3.39. The van der Waals surface area contributed by atoms with Crippen LogP contribution in [0.2, 0.25) is 0 Å². The Bertz CT molecular complexity index is 605. The van der Waals surface area contributed by atoms with E-state index in [9.17, 15) is 9.90 Å². The fourth-order valence-corrected chi connectivity index (χ4v) is 1.94. The number of benzene rings is 2. The summed E-state index contributed by atoms with van der Waals surface area (Å²) >= 11 is 0. The second-order valence-corrected chi connectivity index (χ2v) is 5.14. The normalized spacial score (nSPS) is 13.7. The zero-order chi connectivity index (χ0) is 15.8. The molecular weight excluding hydrogens is 276 g/mol. The molecule has 0 amide bonds. The van der Waals surface area contributed by atoms with Gasteiger partial charge in [-0.2, -0.15) is 0 Å². The number of aliphatic hydroxyl groups excluding tert-OH is 1. The van der Waals surface area contributed by atoms with Crippen molar-refractivity contribution in [3.63, 3.8) is 0 Å². The van der Waals surface area contributed by atoms with E-state index in [4.69, 9.17) is 4.74 Å². The molecule has 0 saturated heterocycles. The first-order chi connectivity index (χ1) is 10.7. The van der Waals surface area contributed by atoms with E-state index in [0.29, 0.717) is 0 Å². The van der Waals surface area contributed by atoms with Crippen molar-refractivity contribution in [3.05, 3.63) is 77.9 Å². The van der Waals surface area contributed by atoms with Gasteiger partial charge in [0.05, 0.1) is 12.0 Å². The SMILES string of the molecule is C[C@@H](C(=O)OCc1ccccc1)[C@@H](O)/C=C/c1ccccc1. The Morgan fingerprint density at radius 3 is 2.32 bits per heavy atom. The van der Waals surface area contributed by atoms with Gasteiger partial charge in [0.25, 0.3) is 0 Å². The van der Waals surface area contributed by atoms with Crippen molar-refractivity contribution in [2.45, 2.75) is 19.6 Å². The molecule has 3 nitrogen and oxygen atoms in total. The van der Waals surface area contributed by atoms with Gasteiger partial charge in [0.2, 0.25) is 0 Å². The molecule has 0 aliphatic rings. The second-order valence-electron chi connectivity index (χ2n) is 5.14. The van der Waals surface area contributed by atoms with Gasteiger partial charge in [-0.05, 0) is 18.1 Å². The van der Waals surface area contributed by atoms with Crippen LogP contribution >= 0.6 is 0 Å². The smallest absolute Gasteiger partial charge is 0.311 e. The zero-order valence-corrected chi connectivity index (χ0v) is 12.6. The molecule has 2 aromatic carbocycles. The van der Waals surface area contributed by atoms with Gasteiger partial charge in [-0.3, -0.25) is 4.79 Å². The summed E-state index contributed by atoms with van der Waals surface area (Å²) in [6.45, 7) is 1.88. The van der Waals surface area contributed by atoms with Crippen LogP contribution < -0.4 is 0 Å². The van der Waals surface area contributed by atoms with E-state index in [-0.39, 0.29) is 6.61 Å². The number of hydrogen-bond acceptors (Lipinski definition) is 3. The number of hydrogen-bond donors (Lipinski definition) is 1. The lowest BCUT2D eigenvalue weighted by Gasteiger charge is -2.14. The van der Waals surface area contributed by atoms with Gasteiger partial charge in [-0.15, -0.1) is 0 Å². The van der Waals surface area contributed by atoms with Gasteiger partial charge in [0.15, 0.2) is 0 Å². The number of aliphatic hydroxyl groups is 1. The molecule has 0 saturated carbocycles. The largest absolute Gasteiger partial charge is 0.461 e. The molecule has 1 N–H and O–H groups in total. The molecule has 0 aliphatic carbocycles. The van der Waals surface area contributed by atoms with Gasteiger partial charge in [-0.25, -0.2) is 0 Å². The van der Waals surface area contributed by atoms with Crippen molar-refractivity contribution in [1.29, 1.82) is 0 Å². The van der Waals surface area contributed by atoms with Gasteiger partial charge < -0.3 is 9.84 Å². The van der Waals surface area contributed by atoms with E-state index >= 15 is 0 Å². The molecule has 0 unspecified atom stereocenters. The van der Waals surface area contributed by atoms with Crippen LogP contribution in [0.25, 0.3) is 6.08 Å². The summed E-state index contributed by atoms with van der Waals surface area (Å²) < 4.78 is 5.23. The minimum Gasteiger partial charge on any atom is -0.461 e. The third kappa shape index (κ3) is 4.86. The van der Waals surface area contributed by atoms with Crippen LogP contribution in [0.3, 0.4) is 0 Å². The molecule has 2 aromatic rings. The molecule has 2 rings (SSSR count). The molecule has 0 aliphatic heterocycles. The molecular formula is C19H20O3. The van der Waals surface area contributed by atoms with Crippen LogP contribution in [0.5, 0.6) is 0 Å². The molecule has 0 spiro atoms. The number of rotatable bonds is 6. The van der Waals surface area contributed by atoms with Gasteiger partial charge in [-0.1, -0.05) is 72.8 Å². The Labute approximate surface area is 130 Å². The first-order valence-corrected chi connectivity index (χ1v) is 7.28. The van der Waals surface area contributed by atoms with E-state index in [0.717, 1.165) is 11.1 Å². The number of esters is 1. The van der Waals surface area contributed by atoms with E-state index in [1.54, 1.807) is 19.1 Å². The second kappa shape index (κ2) is 8.15. The maximum atomic E-state index is 12.0. The highest BCUT2D eigenvalue weighted by Gasteiger charge is 2.21. The fraction of sp³-hybridized carbons (Fsp3) is 0.211. The molecule has 2 atom stereocenters. The monoisotopic (exact) mass is 296 g/mol. The highest BCUT2D eigenvalue weighted by Crippen LogP contribution is 2.11. The summed E-state index contributed by atoms with van der Waals surface area (Å²) in [5.74, 6) is -1.02. The summed E-state index contributed by atoms with van der Waals surface area (Å²) in [6.07, 6.45) is 2.54. The van der Waals surface area contributed by atoms with Crippen molar-refractivity contribution in [2.24, 2.45) is 5.92 Å². The quantitative estimate of drug-likeness (QED) is 0.831. The van der Waals surface area contributed by atoms with Gasteiger partial charge in [0, 0.05) is 0 Å². The summed E-state index contributed by atoms with van der Waals surface area (Å²) in [5.41, 5.74) is 1.91. The molecule has 0 bridgehead atoms. The minimum absolute atomic E-state index is 0.221. The highest BCUT2D eigenvalue weighted by molar-refractivity contribution is 5.73. The molecule has 0 heterocycles. The third-order valence-electron chi connectivity index (χ3n) is 3.39. The Kier molecular flexibility index (Phi) is 5.92. The van der Waals surface area contributed by atoms with E-state index in [1.165, 1.54) is 0 Å². The first kappa shape index (κ1) is 16.0. The predicted octanol–water partition coefficient (Wildman–Crippen LogP) is 3.44. The van der Waals surface area contributed by atoms with Gasteiger partial charge >= 0.3 is 5.97 Å². The predicted molar refractivity (Wildman–Crippen MR) is 86.9 cm³/mol. The summed E-state index contributed by atoms with van der Waals surface area (Å²) in [4.78, 5) is 12.0. The first-order valence-electron chi connectivity index (χ1n) is 7.28. The number of carbonyl (C=O) groups excluding carboxylic acids is 1. The van der Waals surface area contributed by atoms with Crippen LogP contribution in [-0.2, 0) is 16.1 Å². The van der Waals surface area contributed by atoms with Crippen LogP contribution in [0.15, 0.2) is 66.7 Å². The van der Waals surface area contributed by atoms with E-state index in [1.807, 2.05) is 60.7 Å². The summed E-state index contributed by atoms with van der Waals surface area (Å²) in [5, 5.41) is 10.1. The molecule has 0 fully saturated rings. The molecule has 0 aromatic heterocycles. The highest BCUT2D eigenvalue weighted by atomic mass is 16.5.